The van der Waals surface area contributed by atoms with Gasteiger partial charge in [-0.15, -0.1) is 0 Å². The van der Waals surface area contributed by atoms with E-state index in [0.717, 1.165) is 18.5 Å². The first-order chi connectivity index (χ1) is 13.4. The first-order valence-electron chi connectivity index (χ1n) is 9.66. The molecule has 1 saturated carbocycles. The number of carbonyl (C=O) groups is 1. The molecule has 1 saturated heterocycles. The van der Waals surface area contributed by atoms with Crippen LogP contribution in [0, 0.1) is 31.5 Å². The Morgan fingerprint density at radius 2 is 2.04 bits per heavy atom. The van der Waals surface area contributed by atoms with Gasteiger partial charge in [-0.05, 0) is 50.8 Å². The van der Waals surface area contributed by atoms with E-state index in [-0.39, 0.29) is 36.0 Å². The fourth-order valence-corrected chi connectivity index (χ4v) is 4.47. The number of nitrogens with zero attached hydrogens (tertiary/aromatic N) is 3. The van der Waals surface area contributed by atoms with Crippen LogP contribution in [0.1, 0.15) is 24.2 Å². The van der Waals surface area contributed by atoms with Crippen LogP contribution in [0.4, 0.5) is 4.39 Å². The van der Waals surface area contributed by atoms with Crippen LogP contribution >= 0.6 is 0 Å². The third kappa shape index (κ3) is 3.53. The quantitative estimate of drug-likeness (QED) is 0.810. The van der Waals surface area contributed by atoms with E-state index in [1.54, 1.807) is 43.0 Å². The first-order valence-corrected chi connectivity index (χ1v) is 9.66. The van der Waals surface area contributed by atoms with Gasteiger partial charge in [0.2, 0.25) is 5.91 Å². The Bertz CT molecular complexity index is 958. The standard InChI is InChI=1S/C21H24FN3O3/c1-13-9-14(2)25(21(27)23-13)12-20(26)24-10-15-7-8-18(16(15)11-24)28-19-6-4-3-5-17(19)22/h3-6,9,15-16,18H,7-8,10-12H2,1-2H3/t15-,16+,18-/m0/s1. The average Bonchev–Trinajstić information content (AvgIpc) is 3.22. The maximum Gasteiger partial charge on any atom is 0.348 e. The second-order valence-electron chi connectivity index (χ2n) is 7.79. The van der Waals surface area contributed by atoms with Gasteiger partial charge in [-0.25, -0.2) is 9.18 Å². The number of halogens is 1. The Balaban J connectivity index is 1.43. The largest absolute Gasteiger partial charge is 0.487 e. The zero-order valence-electron chi connectivity index (χ0n) is 16.1. The van der Waals surface area contributed by atoms with E-state index in [9.17, 15) is 14.0 Å². The van der Waals surface area contributed by atoms with Crippen LogP contribution in [0.5, 0.6) is 5.75 Å². The molecule has 1 aromatic heterocycles. The summed E-state index contributed by atoms with van der Waals surface area (Å²) in [4.78, 5) is 30.6. The Hall–Kier alpha value is -2.70. The Labute approximate surface area is 163 Å². The van der Waals surface area contributed by atoms with Crippen molar-refractivity contribution in [1.29, 1.82) is 0 Å². The molecule has 0 radical (unpaired) electrons. The summed E-state index contributed by atoms with van der Waals surface area (Å²) in [6.07, 6.45) is 1.73. The number of likely N-dealkylation sites (tertiary alicyclic amines) is 1. The zero-order valence-corrected chi connectivity index (χ0v) is 16.1. The monoisotopic (exact) mass is 385 g/mol. The van der Waals surface area contributed by atoms with Crippen molar-refractivity contribution in [2.24, 2.45) is 11.8 Å². The molecule has 2 heterocycles. The second-order valence-corrected chi connectivity index (χ2v) is 7.79. The van der Waals surface area contributed by atoms with Gasteiger partial charge in [0.1, 0.15) is 12.6 Å². The van der Waals surface area contributed by atoms with E-state index in [4.69, 9.17) is 4.74 Å². The van der Waals surface area contributed by atoms with E-state index in [1.807, 2.05) is 0 Å². The van der Waals surface area contributed by atoms with E-state index in [2.05, 4.69) is 4.98 Å². The number of para-hydroxylation sites is 1. The molecule has 3 atom stereocenters. The number of amides is 1. The highest BCUT2D eigenvalue weighted by atomic mass is 19.1. The lowest BCUT2D eigenvalue weighted by Crippen LogP contribution is -2.38. The number of aromatic nitrogens is 2. The first kappa shape index (κ1) is 18.7. The molecule has 0 unspecified atom stereocenters. The molecule has 1 amide bonds. The van der Waals surface area contributed by atoms with E-state index in [1.165, 1.54) is 10.6 Å². The van der Waals surface area contributed by atoms with Gasteiger partial charge in [0.25, 0.3) is 0 Å². The highest BCUT2D eigenvalue weighted by Gasteiger charge is 2.45. The molecule has 6 nitrogen and oxygen atoms in total. The lowest BCUT2D eigenvalue weighted by molar-refractivity contribution is -0.131. The minimum Gasteiger partial charge on any atom is -0.487 e. The molecule has 1 aliphatic carbocycles. The molecule has 2 aromatic rings. The number of hydrogen-bond acceptors (Lipinski definition) is 4. The number of fused-ring (bicyclic) bond motifs is 1. The molecule has 0 bridgehead atoms. The Kier molecular flexibility index (Phi) is 4.91. The summed E-state index contributed by atoms with van der Waals surface area (Å²) in [6.45, 7) is 4.80. The van der Waals surface area contributed by atoms with Crippen molar-refractivity contribution in [3.63, 3.8) is 0 Å². The Morgan fingerprint density at radius 1 is 1.25 bits per heavy atom. The molecule has 2 aliphatic rings. The summed E-state index contributed by atoms with van der Waals surface area (Å²) in [5.41, 5.74) is 0.979. The van der Waals surface area contributed by atoms with Crippen LogP contribution in [-0.2, 0) is 11.3 Å². The van der Waals surface area contributed by atoms with Crippen LogP contribution in [-0.4, -0.2) is 39.6 Å². The smallest absolute Gasteiger partial charge is 0.348 e. The lowest BCUT2D eigenvalue weighted by atomic mass is 9.99. The van der Waals surface area contributed by atoms with E-state index < -0.39 is 5.69 Å². The molecule has 0 N–H and O–H groups in total. The highest BCUT2D eigenvalue weighted by Crippen LogP contribution is 2.40. The second kappa shape index (κ2) is 7.37. The van der Waals surface area contributed by atoms with Gasteiger partial charge in [-0.2, -0.15) is 4.98 Å². The molecule has 148 valence electrons. The van der Waals surface area contributed by atoms with Crippen LogP contribution in [0.2, 0.25) is 0 Å². The third-order valence-electron chi connectivity index (χ3n) is 5.90. The number of benzene rings is 1. The summed E-state index contributed by atoms with van der Waals surface area (Å²) in [6, 6.07) is 8.22. The van der Waals surface area contributed by atoms with Crippen molar-refractivity contribution >= 4 is 5.91 Å². The van der Waals surface area contributed by atoms with Gasteiger partial charge in [-0.1, -0.05) is 12.1 Å². The normalized spacial score (nSPS) is 23.7. The molecule has 0 spiro atoms. The summed E-state index contributed by atoms with van der Waals surface area (Å²) >= 11 is 0. The fraction of sp³-hybridized carbons (Fsp3) is 0.476. The van der Waals surface area contributed by atoms with Crippen LogP contribution in [0.15, 0.2) is 35.1 Å². The molecule has 1 aromatic carbocycles. The number of ether oxygens (including phenoxy) is 1. The number of rotatable bonds is 4. The van der Waals surface area contributed by atoms with Crippen molar-refractivity contribution in [2.45, 2.75) is 39.3 Å². The highest BCUT2D eigenvalue weighted by molar-refractivity contribution is 5.76. The van der Waals surface area contributed by atoms with Crippen LogP contribution in [0.3, 0.4) is 0 Å². The van der Waals surface area contributed by atoms with Gasteiger partial charge in [0.05, 0.1) is 0 Å². The predicted octanol–water partition coefficient (Wildman–Crippen LogP) is 2.32. The van der Waals surface area contributed by atoms with Gasteiger partial charge in [-0.3, -0.25) is 9.36 Å². The van der Waals surface area contributed by atoms with Crippen molar-refractivity contribution in [2.75, 3.05) is 13.1 Å². The summed E-state index contributed by atoms with van der Waals surface area (Å²) < 4.78 is 21.3. The maximum absolute atomic E-state index is 13.9. The van der Waals surface area contributed by atoms with Crippen molar-refractivity contribution in [3.05, 3.63) is 58.0 Å². The molecular weight excluding hydrogens is 361 g/mol. The Morgan fingerprint density at radius 3 is 2.79 bits per heavy atom. The predicted molar refractivity (Wildman–Crippen MR) is 102 cm³/mol. The van der Waals surface area contributed by atoms with Gasteiger partial charge in [0, 0.05) is 30.4 Å². The van der Waals surface area contributed by atoms with Crippen molar-refractivity contribution in [3.8, 4) is 5.75 Å². The molecule has 2 fully saturated rings. The topological polar surface area (TPSA) is 64.4 Å². The summed E-state index contributed by atoms with van der Waals surface area (Å²) in [7, 11) is 0. The number of carbonyl (C=O) groups excluding carboxylic acids is 1. The molecular formula is C21H24FN3O3. The van der Waals surface area contributed by atoms with Gasteiger partial charge in [0.15, 0.2) is 11.6 Å². The number of aryl methyl sites for hydroxylation is 2. The summed E-state index contributed by atoms with van der Waals surface area (Å²) in [5, 5.41) is 0. The lowest BCUT2D eigenvalue weighted by Gasteiger charge is -2.22. The van der Waals surface area contributed by atoms with Crippen molar-refractivity contribution in [1.82, 2.24) is 14.5 Å². The molecule has 7 heteroatoms. The zero-order chi connectivity index (χ0) is 19.8. The van der Waals surface area contributed by atoms with Gasteiger partial charge >= 0.3 is 5.69 Å². The molecule has 1 aliphatic heterocycles. The summed E-state index contributed by atoms with van der Waals surface area (Å²) in [5.74, 6) is 0.367. The SMILES string of the molecule is Cc1cc(C)n(CC(=O)N2C[C@@H]3CC[C@H](Oc4ccccc4F)[C@@H]3C2)c(=O)n1. The maximum atomic E-state index is 13.9. The average molecular weight is 385 g/mol. The fourth-order valence-electron chi connectivity index (χ4n) is 4.47. The van der Waals surface area contributed by atoms with Crippen LogP contribution in [0.25, 0.3) is 0 Å². The molecule has 4 rings (SSSR count). The van der Waals surface area contributed by atoms with E-state index in [0.29, 0.717) is 24.7 Å². The van der Waals surface area contributed by atoms with Crippen molar-refractivity contribution < 1.29 is 13.9 Å². The minimum absolute atomic E-state index is 0.00375. The van der Waals surface area contributed by atoms with Crippen LogP contribution < -0.4 is 10.4 Å². The third-order valence-corrected chi connectivity index (χ3v) is 5.90. The number of hydrogen-bond donors (Lipinski definition) is 0. The van der Waals surface area contributed by atoms with Gasteiger partial charge < -0.3 is 9.64 Å². The van der Waals surface area contributed by atoms with E-state index >= 15 is 0 Å². The molecule has 28 heavy (non-hydrogen) atoms. The minimum atomic E-state index is -0.397.